The maximum absolute atomic E-state index is 6.47. The van der Waals surface area contributed by atoms with Gasteiger partial charge in [-0.2, -0.15) is 0 Å². The molecule has 1 atom stereocenters. The number of ether oxygens (including phenoxy) is 2. The monoisotopic (exact) mass is 295 g/mol. The number of benzene rings is 1. The van der Waals surface area contributed by atoms with Gasteiger partial charge in [0.25, 0.3) is 0 Å². The first-order chi connectivity index (χ1) is 9.56. The van der Waals surface area contributed by atoms with E-state index >= 15 is 0 Å². The van der Waals surface area contributed by atoms with Crippen molar-refractivity contribution in [3.8, 4) is 11.5 Å². The van der Waals surface area contributed by atoms with Crippen molar-refractivity contribution in [2.75, 3.05) is 13.7 Å². The van der Waals surface area contributed by atoms with Crippen LogP contribution in [0, 0.1) is 5.92 Å². The normalized spacial score (nSPS) is 21.4. The van der Waals surface area contributed by atoms with E-state index in [4.69, 9.17) is 26.8 Å². The summed E-state index contributed by atoms with van der Waals surface area (Å²) in [5, 5.41) is 0.742. The lowest BCUT2D eigenvalue weighted by molar-refractivity contribution is 0.280. The third kappa shape index (κ3) is 2.49. The Balaban J connectivity index is 1.88. The van der Waals surface area contributed by atoms with Crippen LogP contribution in [0.5, 0.6) is 11.5 Å². The Morgan fingerprint density at radius 2 is 2.05 bits per heavy atom. The van der Waals surface area contributed by atoms with Crippen LogP contribution in [-0.4, -0.2) is 19.8 Å². The topological polar surface area (TPSA) is 44.5 Å². The van der Waals surface area contributed by atoms with Crippen LogP contribution < -0.4 is 15.2 Å². The minimum Gasteiger partial charge on any atom is -0.493 e. The van der Waals surface area contributed by atoms with Crippen molar-refractivity contribution in [2.24, 2.45) is 11.7 Å². The molecule has 3 nitrogen and oxygen atoms in total. The Labute approximate surface area is 125 Å². The number of rotatable bonds is 6. The van der Waals surface area contributed by atoms with Crippen LogP contribution in [0.3, 0.4) is 0 Å². The standard InChI is InChI=1S/C16H22ClNO2/c1-10(18)16(5-6-16)12-7-14(19-2)15(8-13(12)17)20-9-11-3-4-11/h7-8,10-11H,3-6,9,18H2,1-2H3. The molecule has 0 aliphatic heterocycles. The molecule has 1 aromatic rings. The van der Waals surface area contributed by atoms with Crippen molar-refractivity contribution in [3.63, 3.8) is 0 Å². The van der Waals surface area contributed by atoms with E-state index in [1.54, 1.807) is 7.11 Å². The molecule has 0 heterocycles. The van der Waals surface area contributed by atoms with Crippen LogP contribution in [0.2, 0.25) is 5.02 Å². The van der Waals surface area contributed by atoms with E-state index in [9.17, 15) is 0 Å². The smallest absolute Gasteiger partial charge is 0.162 e. The highest BCUT2D eigenvalue weighted by atomic mass is 35.5. The minimum atomic E-state index is 0.0272. The molecule has 0 bridgehead atoms. The number of hydrogen-bond acceptors (Lipinski definition) is 3. The second-order valence-electron chi connectivity index (χ2n) is 6.18. The fourth-order valence-corrected chi connectivity index (χ4v) is 3.13. The van der Waals surface area contributed by atoms with Gasteiger partial charge in [-0.1, -0.05) is 11.6 Å². The molecule has 2 N–H and O–H groups in total. The summed E-state index contributed by atoms with van der Waals surface area (Å²) < 4.78 is 11.3. The molecule has 110 valence electrons. The van der Waals surface area contributed by atoms with Crippen molar-refractivity contribution >= 4 is 11.6 Å². The maximum atomic E-state index is 6.47. The lowest BCUT2D eigenvalue weighted by Crippen LogP contribution is -2.31. The number of halogens is 1. The molecule has 1 aromatic carbocycles. The van der Waals surface area contributed by atoms with Gasteiger partial charge in [0.05, 0.1) is 13.7 Å². The van der Waals surface area contributed by atoms with Gasteiger partial charge in [-0.05, 0) is 50.2 Å². The molecule has 1 unspecified atom stereocenters. The Bertz CT molecular complexity index is 507. The summed E-state index contributed by atoms with van der Waals surface area (Å²) in [6, 6.07) is 4.00. The molecule has 0 aromatic heterocycles. The Hall–Kier alpha value is -0.930. The van der Waals surface area contributed by atoms with Crippen molar-refractivity contribution < 1.29 is 9.47 Å². The van der Waals surface area contributed by atoms with Crippen LogP contribution in [0.4, 0.5) is 0 Å². The lowest BCUT2D eigenvalue weighted by atomic mass is 9.89. The third-order valence-corrected chi connectivity index (χ3v) is 4.93. The summed E-state index contributed by atoms with van der Waals surface area (Å²) in [5.74, 6) is 2.21. The molecule has 3 rings (SSSR count). The molecule has 0 spiro atoms. The third-order valence-electron chi connectivity index (χ3n) is 4.62. The van der Waals surface area contributed by atoms with E-state index in [1.165, 1.54) is 12.8 Å². The van der Waals surface area contributed by atoms with Crippen LogP contribution in [0.15, 0.2) is 12.1 Å². The van der Waals surface area contributed by atoms with Gasteiger partial charge >= 0.3 is 0 Å². The molecule has 2 aliphatic rings. The maximum Gasteiger partial charge on any atom is 0.162 e. The number of nitrogens with two attached hydrogens (primary N) is 1. The van der Waals surface area contributed by atoms with E-state index in [2.05, 4.69) is 0 Å². The number of hydrogen-bond donors (Lipinski definition) is 1. The molecule has 0 radical (unpaired) electrons. The average Bonchev–Trinajstić information content (AvgIpc) is 3.29. The van der Waals surface area contributed by atoms with Crippen molar-refractivity contribution in [1.82, 2.24) is 0 Å². The second kappa shape index (κ2) is 5.12. The van der Waals surface area contributed by atoms with Gasteiger partial charge in [0.2, 0.25) is 0 Å². The summed E-state index contributed by atoms with van der Waals surface area (Å²) in [7, 11) is 1.67. The van der Waals surface area contributed by atoms with Crippen molar-refractivity contribution in [2.45, 2.75) is 44.1 Å². The van der Waals surface area contributed by atoms with Gasteiger partial charge in [0.15, 0.2) is 11.5 Å². The highest BCUT2D eigenvalue weighted by molar-refractivity contribution is 6.31. The van der Waals surface area contributed by atoms with Gasteiger partial charge in [0.1, 0.15) is 0 Å². The first kappa shape index (κ1) is 14.0. The van der Waals surface area contributed by atoms with Crippen LogP contribution >= 0.6 is 11.6 Å². The SMILES string of the molecule is COc1cc(C2(C(C)N)CC2)c(Cl)cc1OCC1CC1. The van der Waals surface area contributed by atoms with Crippen LogP contribution in [0.1, 0.15) is 38.2 Å². The molecule has 0 saturated heterocycles. The van der Waals surface area contributed by atoms with E-state index in [0.29, 0.717) is 5.92 Å². The summed E-state index contributed by atoms with van der Waals surface area (Å²) in [6.45, 7) is 2.80. The Morgan fingerprint density at radius 1 is 1.35 bits per heavy atom. The zero-order valence-electron chi connectivity index (χ0n) is 12.1. The lowest BCUT2D eigenvalue weighted by Gasteiger charge is -2.23. The van der Waals surface area contributed by atoms with Crippen LogP contribution in [0.25, 0.3) is 0 Å². The molecule has 20 heavy (non-hydrogen) atoms. The first-order valence-corrected chi connectivity index (χ1v) is 7.71. The molecule has 0 amide bonds. The highest BCUT2D eigenvalue weighted by Crippen LogP contribution is 2.54. The summed E-state index contributed by atoms with van der Waals surface area (Å²) >= 11 is 6.47. The van der Waals surface area contributed by atoms with Crippen molar-refractivity contribution in [1.29, 1.82) is 0 Å². The number of methoxy groups -OCH3 is 1. The van der Waals surface area contributed by atoms with Crippen molar-refractivity contribution in [3.05, 3.63) is 22.7 Å². The fraction of sp³-hybridized carbons (Fsp3) is 0.625. The molecule has 4 heteroatoms. The molecular weight excluding hydrogens is 274 g/mol. The molecular formula is C16H22ClNO2. The fourth-order valence-electron chi connectivity index (χ4n) is 2.79. The van der Waals surface area contributed by atoms with E-state index in [-0.39, 0.29) is 11.5 Å². The predicted octanol–water partition coefficient (Wildman–Crippen LogP) is 3.52. The summed E-state index contributed by atoms with van der Waals surface area (Å²) in [5.41, 5.74) is 7.27. The Morgan fingerprint density at radius 3 is 2.55 bits per heavy atom. The zero-order valence-corrected chi connectivity index (χ0v) is 12.9. The largest absolute Gasteiger partial charge is 0.493 e. The highest BCUT2D eigenvalue weighted by Gasteiger charge is 2.49. The second-order valence-corrected chi connectivity index (χ2v) is 6.59. The summed E-state index contributed by atoms with van der Waals surface area (Å²) in [6.07, 6.45) is 4.72. The Kier molecular flexibility index (Phi) is 3.59. The molecule has 2 aliphatic carbocycles. The summed E-state index contributed by atoms with van der Waals surface area (Å²) in [4.78, 5) is 0. The van der Waals surface area contributed by atoms with Gasteiger partial charge in [-0.3, -0.25) is 0 Å². The van der Waals surface area contributed by atoms with E-state index < -0.39 is 0 Å². The average molecular weight is 296 g/mol. The zero-order chi connectivity index (χ0) is 14.3. The quantitative estimate of drug-likeness (QED) is 0.873. The first-order valence-electron chi connectivity index (χ1n) is 7.33. The van der Waals surface area contributed by atoms with E-state index in [1.807, 2.05) is 19.1 Å². The molecule has 2 fully saturated rings. The van der Waals surface area contributed by atoms with E-state index in [0.717, 1.165) is 41.5 Å². The predicted molar refractivity (Wildman–Crippen MR) is 80.8 cm³/mol. The van der Waals surface area contributed by atoms with Gasteiger partial charge < -0.3 is 15.2 Å². The van der Waals surface area contributed by atoms with Gasteiger partial charge in [-0.15, -0.1) is 0 Å². The van der Waals surface area contributed by atoms with Crippen LogP contribution in [-0.2, 0) is 5.41 Å². The molecule has 2 saturated carbocycles. The van der Waals surface area contributed by atoms with Gasteiger partial charge in [0, 0.05) is 22.5 Å². The minimum absolute atomic E-state index is 0.0272. The van der Waals surface area contributed by atoms with Gasteiger partial charge in [-0.25, -0.2) is 0 Å².